The van der Waals surface area contributed by atoms with Crippen LogP contribution in [-0.4, -0.2) is 46.8 Å². The van der Waals surface area contributed by atoms with E-state index in [0.29, 0.717) is 31.5 Å². The minimum absolute atomic E-state index is 0.0218. The molecule has 0 saturated carbocycles. The van der Waals surface area contributed by atoms with Crippen LogP contribution in [0.25, 0.3) is 0 Å². The van der Waals surface area contributed by atoms with Crippen LogP contribution in [0.15, 0.2) is 12.4 Å². The number of aryl methyl sites for hydroxylation is 1. The summed E-state index contributed by atoms with van der Waals surface area (Å²) in [4.78, 5) is 25.3. The van der Waals surface area contributed by atoms with Crippen molar-refractivity contribution in [3.05, 3.63) is 18.0 Å². The van der Waals surface area contributed by atoms with Gasteiger partial charge < -0.3 is 9.64 Å². The average Bonchev–Trinajstić information content (AvgIpc) is 2.84. The van der Waals surface area contributed by atoms with Crippen molar-refractivity contribution in [3.8, 4) is 0 Å². The minimum atomic E-state index is -0.177. The van der Waals surface area contributed by atoms with Crippen LogP contribution in [0.1, 0.15) is 23.2 Å². The van der Waals surface area contributed by atoms with Gasteiger partial charge >= 0.3 is 5.97 Å². The second-order valence-electron chi connectivity index (χ2n) is 4.49. The van der Waals surface area contributed by atoms with Crippen LogP contribution in [-0.2, 0) is 16.6 Å². The maximum atomic E-state index is 12.1. The molecule has 1 fully saturated rings. The van der Waals surface area contributed by atoms with Crippen molar-refractivity contribution in [3.63, 3.8) is 0 Å². The lowest BCUT2D eigenvalue weighted by atomic mass is 9.97. The Morgan fingerprint density at radius 1 is 1.39 bits per heavy atom. The lowest BCUT2D eigenvalue weighted by Crippen LogP contribution is -2.40. The first-order valence-electron chi connectivity index (χ1n) is 5.97. The van der Waals surface area contributed by atoms with Gasteiger partial charge in [-0.1, -0.05) is 0 Å². The van der Waals surface area contributed by atoms with Gasteiger partial charge in [0.15, 0.2) is 0 Å². The number of methoxy groups -OCH3 is 1. The molecule has 2 rings (SSSR count). The van der Waals surface area contributed by atoms with Gasteiger partial charge in [0.25, 0.3) is 5.91 Å². The number of likely N-dealkylation sites (tertiary alicyclic amines) is 1. The predicted octanol–water partition coefficient (Wildman–Crippen LogP) is 0.445. The van der Waals surface area contributed by atoms with E-state index in [9.17, 15) is 9.59 Å². The third-order valence-corrected chi connectivity index (χ3v) is 3.27. The van der Waals surface area contributed by atoms with Gasteiger partial charge in [-0.25, -0.2) is 0 Å². The summed E-state index contributed by atoms with van der Waals surface area (Å²) in [5.41, 5.74) is 0.592. The topological polar surface area (TPSA) is 64.4 Å². The van der Waals surface area contributed by atoms with Crippen molar-refractivity contribution in [2.24, 2.45) is 13.0 Å². The first-order valence-corrected chi connectivity index (χ1v) is 5.97. The van der Waals surface area contributed by atoms with Crippen LogP contribution < -0.4 is 0 Å². The molecular formula is C12H17N3O3. The number of piperidine rings is 1. The molecule has 6 nitrogen and oxygen atoms in total. The smallest absolute Gasteiger partial charge is 0.308 e. The quantitative estimate of drug-likeness (QED) is 0.716. The molecule has 1 saturated heterocycles. The predicted molar refractivity (Wildman–Crippen MR) is 63.9 cm³/mol. The Hall–Kier alpha value is -1.85. The Morgan fingerprint density at radius 2 is 2.06 bits per heavy atom. The summed E-state index contributed by atoms with van der Waals surface area (Å²) in [5.74, 6) is -0.275. The third kappa shape index (κ3) is 2.52. The molecule has 2 heterocycles. The number of ether oxygens (including phenoxy) is 1. The monoisotopic (exact) mass is 251 g/mol. The maximum absolute atomic E-state index is 12.1. The molecule has 98 valence electrons. The number of carbonyl (C=O) groups is 2. The molecule has 1 aliphatic heterocycles. The minimum Gasteiger partial charge on any atom is -0.469 e. The zero-order valence-electron chi connectivity index (χ0n) is 10.6. The van der Waals surface area contributed by atoms with Gasteiger partial charge in [-0.3, -0.25) is 14.3 Å². The lowest BCUT2D eigenvalue weighted by molar-refractivity contribution is -0.146. The Kier molecular flexibility index (Phi) is 3.64. The highest BCUT2D eigenvalue weighted by molar-refractivity contribution is 5.93. The van der Waals surface area contributed by atoms with Crippen LogP contribution in [0.4, 0.5) is 0 Å². The zero-order valence-corrected chi connectivity index (χ0v) is 10.6. The molecule has 0 bridgehead atoms. The number of amides is 1. The fourth-order valence-corrected chi connectivity index (χ4v) is 2.20. The van der Waals surface area contributed by atoms with Gasteiger partial charge in [0.2, 0.25) is 0 Å². The molecular weight excluding hydrogens is 234 g/mol. The number of rotatable bonds is 2. The number of esters is 1. The second kappa shape index (κ2) is 5.20. The second-order valence-corrected chi connectivity index (χ2v) is 4.49. The molecule has 0 radical (unpaired) electrons. The molecule has 18 heavy (non-hydrogen) atoms. The largest absolute Gasteiger partial charge is 0.469 e. The van der Waals surface area contributed by atoms with Crippen LogP contribution in [0.2, 0.25) is 0 Å². The standard InChI is InChI=1S/C12H17N3O3/c1-14-8-10(7-13-14)11(16)15-5-3-9(4-6-15)12(17)18-2/h7-9H,3-6H2,1-2H3. The SMILES string of the molecule is COC(=O)C1CCN(C(=O)c2cnn(C)c2)CC1. The highest BCUT2D eigenvalue weighted by Gasteiger charge is 2.28. The molecule has 1 aliphatic rings. The van der Waals surface area contributed by atoms with E-state index in [-0.39, 0.29) is 17.8 Å². The van der Waals surface area contributed by atoms with E-state index in [1.807, 2.05) is 0 Å². The molecule has 6 heteroatoms. The molecule has 0 aliphatic carbocycles. The highest BCUT2D eigenvalue weighted by atomic mass is 16.5. The number of aromatic nitrogens is 2. The van der Waals surface area contributed by atoms with Crippen molar-refractivity contribution in [1.82, 2.24) is 14.7 Å². The fraction of sp³-hybridized carbons (Fsp3) is 0.583. The summed E-state index contributed by atoms with van der Waals surface area (Å²) < 4.78 is 6.32. The fourth-order valence-electron chi connectivity index (χ4n) is 2.20. The zero-order chi connectivity index (χ0) is 13.1. The first-order chi connectivity index (χ1) is 8.61. The van der Waals surface area contributed by atoms with Crippen molar-refractivity contribution in [2.75, 3.05) is 20.2 Å². The average molecular weight is 251 g/mol. The molecule has 1 aromatic heterocycles. The molecule has 1 amide bonds. The summed E-state index contributed by atoms with van der Waals surface area (Å²) >= 11 is 0. The third-order valence-electron chi connectivity index (χ3n) is 3.27. The van der Waals surface area contributed by atoms with E-state index in [1.54, 1.807) is 29.0 Å². The number of nitrogens with zero attached hydrogens (tertiary/aromatic N) is 3. The molecule has 0 spiro atoms. The number of hydrogen-bond donors (Lipinski definition) is 0. The van der Waals surface area contributed by atoms with E-state index in [4.69, 9.17) is 4.74 Å². The molecule has 0 atom stereocenters. The summed E-state index contributed by atoms with van der Waals surface area (Å²) in [6.07, 6.45) is 4.60. The summed E-state index contributed by atoms with van der Waals surface area (Å²) in [5, 5.41) is 3.98. The maximum Gasteiger partial charge on any atom is 0.308 e. The van der Waals surface area contributed by atoms with Crippen molar-refractivity contribution < 1.29 is 14.3 Å². The number of hydrogen-bond acceptors (Lipinski definition) is 4. The van der Waals surface area contributed by atoms with E-state index >= 15 is 0 Å². The molecule has 0 unspecified atom stereocenters. The van der Waals surface area contributed by atoms with Crippen LogP contribution in [0.3, 0.4) is 0 Å². The first kappa shape index (κ1) is 12.6. The summed E-state index contributed by atoms with van der Waals surface area (Å²) in [6.45, 7) is 1.18. The Morgan fingerprint density at radius 3 is 2.56 bits per heavy atom. The van der Waals surface area contributed by atoms with E-state index < -0.39 is 0 Å². The van der Waals surface area contributed by atoms with Crippen molar-refractivity contribution >= 4 is 11.9 Å². The van der Waals surface area contributed by atoms with Gasteiger partial charge in [-0.15, -0.1) is 0 Å². The number of carbonyl (C=O) groups excluding carboxylic acids is 2. The van der Waals surface area contributed by atoms with Gasteiger partial charge in [0.1, 0.15) is 0 Å². The van der Waals surface area contributed by atoms with Gasteiger partial charge in [0, 0.05) is 26.3 Å². The van der Waals surface area contributed by atoms with E-state index in [2.05, 4.69) is 5.10 Å². The highest BCUT2D eigenvalue weighted by Crippen LogP contribution is 2.19. The van der Waals surface area contributed by atoms with E-state index in [1.165, 1.54) is 7.11 Å². The van der Waals surface area contributed by atoms with Crippen molar-refractivity contribution in [1.29, 1.82) is 0 Å². The van der Waals surface area contributed by atoms with Gasteiger partial charge in [-0.2, -0.15) is 5.10 Å². The van der Waals surface area contributed by atoms with Crippen LogP contribution >= 0.6 is 0 Å². The van der Waals surface area contributed by atoms with Gasteiger partial charge in [-0.05, 0) is 12.8 Å². The van der Waals surface area contributed by atoms with Crippen LogP contribution in [0, 0.1) is 5.92 Å². The van der Waals surface area contributed by atoms with Gasteiger partial charge in [0.05, 0.1) is 24.8 Å². The Labute approximate surface area is 106 Å². The summed E-state index contributed by atoms with van der Waals surface area (Å²) in [7, 11) is 3.18. The van der Waals surface area contributed by atoms with E-state index in [0.717, 1.165) is 0 Å². The normalized spacial score (nSPS) is 16.7. The molecule has 0 aromatic carbocycles. The molecule has 0 N–H and O–H groups in total. The summed E-state index contributed by atoms with van der Waals surface area (Å²) in [6, 6.07) is 0. The Bertz CT molecular complexity index is 447. The van der Waals surface area contributed by atoms with Crippen LogP contribution in [0.5, 0.6) is 0 Å². The lowest BCUT2D eigenvalue weighted by Gasteiger charge is -2.30. The molecule has 1 aromatic rings. The Balaban J connectivity index is 1.94. The van der Waals surface area contributed by atoms with Crippen molar-refractivity contribution in [2.45, 2.75) is 12.8 Å².